The third kappa shape index (κ3) is 7.04. The van der Waals surface area contributed by atoms with Gasteiger partial charge in [0.15, 0.2) is 11.6 Å². The zero-order valence-electron chi connectivity index (χ0n) is 17.8. The number of benzene rings is 2. The Hall–Kier alpha value is -3.49. The van der Waals surface area contributed by atoms with Gasteiger partial charge in [0, 0.05) is 12.5 Å². The van der Waals surface area contributed by atoms with E-state index in [0.717, 1.165) is 11.6 Å². The van der Waals surface area contributed by atoms with Gasteiger partial charge in [0.1, 0.15) is 5.75 Å². The molecule has 0 fully saturated rings. The lowest BCUT2D eigenvalue weighted by atomic mass is 9.98. The number of aliphatic carboxylic acids is 1. The summed E-state index contributed by atoms with van der Waals surface area (Å²) in [4.78, 5) is 34.6. The smallest absolute Gasteiger partial charge is 0.307 e. The quantitative estimate of drug-likeness (QED) is 0.510. The highest BCUT2D eigenvalue weighted by atomic mass is 19.2. The van der Waals surface area contributed by atoms with Crippen LogP contribution in [0.4, 0.5) is 8.78 Å². The molecule has 172 valence electrons. The number of carbonyl (C=O) groups excluding carboxylic acids is 2. The van der Waals surface area contributed by atoms with Crippen LogP contribution in [-0.2, 0) is 25.5 Å². The number of ether oxygens (including phenoxy) is 2. The Kier molecular flexibility index (Phi) is 9.12. The number of halogens is 2. The van der Waals surface area contributed by atoms with Crippen molar-refractivity contribution in [3.8, 4) is 16.9 Å². The van der Waals surface area contributed by atoms with Crippen LogP contribution >= 0.6 is 0 Å². The first-order valence-corrected chi connectivity index (χ1v) is 10.0. The van der Waals surface area contributed by atoms with E-state index in [9.17, 15) is 23.2 Å². The molecule has 0 aromatic heterocycles. The van der Waals surface area contributed by atoms with Gasteiger partial charge in [-0.2, -0.15) is 0 Å². The molecule has 2 aromatic carbocycles. The van der Waals surface area contributed by atoms with Crippen LogP contribution in [0.1, 0.15) is 31.7 Å². The Balaban J connectivity index is 2.19. The van der Waals surface area contributed by atoms with Gasteiger partial charge in [-0.15, -0.1) is 0 Å². The fourth-order valence-electron chi connectivity index (χ4n) is 3.18. The minimum absolute atomic E-state index is 0.0101. The zero-order valence-corrected chi connectivity index (χ0v) is 17.8. The van der Waals surface area contributed by atoms with Crippen LogP contribution in [0.15, 0.2) is 36.4 Å². The lowest BCUT2D eigenvalue weighted by molar-refractivity contribution is -0.144. The van der Waals surface area contributed by atoms with Crippen molar-refractivity contribution in [2.24, 2.45) is 0 Å². The first-order chi connectivity index (χ1) is 15.2. The predicted octanol–water partition coefficient (Wildman–Crippen LogP) is 3.49. The normalized spacial score (nSPS) is 11.5. The molecule has 2 N–H and O–H groups in total. The van der Waals surface area contributed by atoms with Gasteiger partial charge in [-0.1, -0.05) is 24.3 Å². The second-order valence-corrected chi connectivity index (χ2v) is 7.01. The summed E-state index contributed by atoms with van der Waals surface area (Å²) in [5.74, 6) is -3.93. The summed E-state index contributed by atoms with van der Waals surface area (Å²) >= 11 is 0. The van der Waals surface area contributed by atoms with E-state index in [1.54, 1.807) is 31.2 Å². The summed E-state index contributed by atoms with van der Waals surface area (Å²) in [6, 6.07) is 8.21. The summed E-state index contributed by atoms with van der Waals surface area (Å²) < 4.78 is 38.1. The topological polar surface area (TPSA) is 102 Å². The van der Waals surface area contributed by atoms with Crippen LogP contribution < -0.4 is 10.1 Å². The molecule has 0 bridgehead atoms. The summed E-state index contributed by atoms with van der Waals surface area (Å²) in [7, 11) is 1.36. The van der Waals surface area contributed by atoms with Gasteiger partial charge in [-0.05, 0) is 36.6 Å². The number of carbonyl (C=O) groups is 3. The molecular formula is C23H25F2NO6. The summed E-state index contributed by atoms with van der Waals surface area (Å²) in [6.07, 6.45) is -0.388. The Labute approximate surface area is 184 Å². The van der Waals surface area contributed by atoms with Crippen molar-refractivity contribution < 1.29 is 37.7 Å². The summed E-state index contributed by atoms with van der Waals surface area (Å²) in [5, 5.41) is 11.4. The highest BCUT2D eigenvalue weighted by Crippen LogP contribution is 2.34. The Morgan fingerprint density at radius 3 is 2.34 bits per heavy atom. The third-order valence-electron chi connectivity index (χ3n) is 4.65. The number of hydrogen-bond acceptors (Lipinski definition) is 5. The minimum Gasteiger partial charge on any atom is -0.496 e. The standard InChI is InChI=1S/C23H25F2NO6/c1-3-32-21(30)13-16(26-19(27)10-11-20(28)29)12-14-4-6-15(7-5-14)22-18(31-2)9-8-17(24)23(22)25/h4-9,16H,3,10-13H2,1-2H3,(H,26,27)(H,28,29). The fourth-order valence-corrected chi connectivity index (χ4v) is 3.18. The van der Waals surface area contributed by atoms with Crippen molar-refractivity contribution in [2.75, 3.05) is 13.7 Å². The maximum atomic E-state index is 14.3. The second kappa shape index (κ2) is 11.8. The van der Waals surface area contributed by atoms with Gasteiger partial charge in [0.25, 0.3) is 0 Å². The van der Waals surface area contributed by atoms with Gasteiger partial charge in [-0.3, -0.25) is 14.4 Å². The molecule has 9 heteroatoms. The third-order valence-corrected chi connectivity index (χ3v) is 4.65. The maximum absolute atomic E-state index is 14.3. The van der Waals surface area contributed by atoms with Crippen LogP contribution in [0.3, 0.4) is 0 Å². The SMILES string of the molecule is CCOC(=O)CC(Cc1ccc(-c2c(OC)ccc(F)c2F)cc1)NC(=O)CCC(=O)O. The molecule has 0 saturated heterocycles. The average Bonchev–Trinajstić information content (AvgIpc) is 2.75. The van der Waals surface area contributed by atoms with Gasteiger partial charge >= 0.3 is 11.9 Å². The van der Waals surface area contributed by atoms with E-state index in [1.807, 2.05) is 0 Å². The van der Waals surface area contributed by atoms with Crippen molar-refractivity contribution in [3.63, 3.8) is 0 Å². The van der Waals surface area contributed by atoms with E-state index < -0.39 is 35.5 Å². The molecule has 2 rings (SSSR count). The molecule has 7 nitrogen and oxygen atoms in total. The van der Waals surface area contributed by atoms with Crippen molar-refractivity contribution in [1.29, 1.82) is 0 Å². The molecule has 0 saturated carbocycles. The minimum atomic E-state index is -1.10. The highest BCUT2D eigenvalue weighted by molar-refractivity contribution is 5.81. The monoisotopic (exact) mass is 449 g/mol. The largest absolute Gasteiger partial charge is 0.496 e. The van der Waals surface area contributed by atoms with Crippen molar-refractivity contribution in [2.45, 2.75) is 38.6 Å². The maximum Gasteiger partial charge on any atom is 0.307 e. The lowest BCUT2D eigenvalue weighted by Gasteiger charge is -2.18. The lowest BCUT2D eigenvalue weighted by Crippen LogP contribution is -2.38. The van der Waals surface area contributed by atoms with Crippen LogP contribution in [0.5, 0.6) is 5.75 Å². The molecule has 0 aliphatic rings. The number of carboxylic acid groups (broad SMARTS) is 1. The molecule has 1 amide bonds. The van der Waals surface area contributed by atoms with Crippen LogP contribution in [-0.4, -0.2) is 42.7 Å². The predicted molar refractivity (Wildman–Crippen MR) is 112 cm³/mol. The summed E-state index contributed by atoms with van der Waals surface area (Å²) in [5.41, 5.74) is 1.11. The molecule has 0 spiro atoms. The van der Waals surface area contributed by atoms with E-state index in [1.165, 1.54) is 13.2 Å². The molecule has 0 radical (unpaired) electrons. The fraction of sp³-hybridized carbons (Fsp3) is 0.348. The number of methoxy groups -OCH3 is 1. The van der Waals surface area contributed by atoms with Gasteiger partial charge < -0.3 is 19.9 Å². The number of esters is 1. The van der Waals surface area contributed by atoms with Crippen molar-refractivity contribution in [3.05, 3.63) is 53.6 Å². The van der Waals surface area contributed by atoms with Gasteiger partial charge in [-0.25, -0.2) is 8.78 Å². The first-order valence-electron chi connectivity index (χ1n) is 10.0. The molecule has 32 heavy (non-hydrogen) atoms. The van der Waals surface area contributed by atoms with E-state index >= 15 is 0 Å². The molecule has 0 heterocycles. The van der Waals surface area contributed by atoms with Crippen molar-refractivity contribution >= 4 is 17.8 Å². The Morgan fingerprint density at radius 2 is 1.75 bits per heavy atom. The van der Waals surface area contributed by atoms with Gasteiger partial charge in [0.2, 0.25) is 5.91 Å². The molecule has 1 unspecified atom stereocenters. The van der Waals surface area contributed by atoms with Crippen LogP contribution in [0.2, 0.25) is 0 Å². The average molecular weight is 449 g/mol. The van der Waals surface area contributed by atoms with E-state index in [4.69, 9.17) is 14.6 Å². The first kappa shape index (κ1) is 24.8. The van der Waals surface area contributed by atoms with E-state index in [2.05, 4.69) is 5.32 Å². The zero-order chi connectivity index (χ0) is 23.7. The second-order valence-electron chi connectivity index (χ2n) is 7.01. The van der Waals surface area contributed by atoms with Crippen LogP contribution in [0, 0.1) is 11.6 Å². The van der Waals surface area contributed by atoms with Crippen molar-refractivity contribution in [1.82, 2.24) is 5.32 Å². The van der Waals surface area contributed by atoms with E-state index in [-0.39, 0.29) is 43.6 Å². The number of carboxylic acids is 1. The van der Waals surface area contributed by atoms with Crippen LogP contribution in [0.25, 0.3) is 11.1 Å². The van der Waals surface area contributed by atoms with E-state index in [0.29, 0.717) is 5.56 Å². The molecular weight excluding hydrogens is 424 g/mol. The molecule has 0 aliphatic carbocycles. The number of amides is 1. The van der Waals surface area contributed by atoms with Gasteiger partial charge in [0.05, 0.1) is 32.1 Å². The molecule has 1 atom stereocenters. The number of nitrogens with one attached hydrogen (secondary N) is 1. The summed E-state index contributed by atoms with van der Waals surface area (Å²) in [6.45, 7) is 1.85. The Bertz CT molecular complexity index is 962. The number of hydrogen-bond donors (Lipinski definition) is 2. The Morgan fingerprint density at radius 1 is 1.06 bits per heavy atom. The molecule has 0 aliphatic heterocycles. The molecule has 2 aromatic rings. The highest BCUT2D eigenvalue weighted by Gasteiger charge is 2.20. The number of rotatable bonds is 11.